The largest absolute Gasteiger partial charge is 0.497 e. The molecular weight excluding hydrogens is 536 g/mol. The Kier molecular flexibility index (Phi) is 6.69. The zero-order chi connectivity index (χ0) is 29.1. The minimum atomic E-state index is -0.846. The molecule has 0 bridgehead atoms. The van der Waals surface area contributed by atoms with E-state index in [-0.39, 0.29) is 35.7 Å². The van der Waals surface area contributed by atoms with Gasteiger partial charge in [-0.15, -0.1) is 0 Å². The average molecular weight is 573 g/mol. The SMILES string of the molecule is CCN1C(=O)[C@@H](NC(=O)c2cccc(OC)c2)[C@@H](C2CC2)c2c(C(=O)N3[C@H](C#N)C[C@H]4C[C@H]43)nn(C3CCOCC3)c21. The molecule has 11 heteroatoms. The summed E-state index contributed by atoms with van der Waals surface area (Å²) in [6, 6.07) is 7.92. The van der Waals surface area contributed by atoms with Crippen molar-refractivity contribution < 1.29 is 23.9 Å². The van der Waals surface area contributed by atoms with E-state index in [0.717, 1.165) is 37.7 Å². The fourth-order valence-corrected chi connectivity index (χ4v) is 7.34. The van der Waals surface area contributed by atoms with Crippen LogP contribution in [0.4, 0.5) is 5.82 Å². The van der Waals surface area contributed by atoms with Gasteiger partial charge in [-0.05, 0) is 75.5 Å². The summed E-state index contributed by atoms with van der Waals surface area (Å²) in [7, 11) is 1.54. The van der Waals surface area contributed by atoms with Gasteiger partial charge >= 0.3 is 0 Å². The van der Waals surface area contributed by atoms with Gasteiger partial charge in [0.2, 0.25) is 0 Å². The number of nitriles is 1. The second-order valence-corrected chi connectivity index (χ2v) is 12.2. The summed E-state index contributed by atoms with van der Waals surface area (Å²) in [4.78, 5) is 45.6. The number of carbonyl (C=O) groups excluding carboxylic acids is 3. The summed E-state index contributed by atoms with van der Waals surface area (Å²) < 4.78 is 12.8. The van der Waals surface area contributed by atoms with Crippen molar-refractivity contribution in [2.24, 2.45) is 11.8 Å². The van der Waals surface area contributed by atoms with Crippen LogP contribution < -0.4 is 15.0 Å². The number of nitrogens with one attached hydrogen (secondary N) is 1. The molecule has 0 unspecified atom stereocenters. The van der Waals surface area contributed by atoms with Crippen molar-refractivity contribution in [3.05, 3.63) is 41.1 Å². The molecule has 5 atom stereocenters. The highest BCUT2D eigenvalue weighted by Gasteiger charge is 2.57. The molecule has 4 fully saturated rings. The van der Waals surface area contributed by atoms with Gasteiger partial charge in [0.15, 0.2) is 5.69 Å². The van der Waals surface area contributed by atoms with E-state index in [1.165, 1.54) is 0 Å². The Labute approximate surface area is 244 Å². The number of hydrogen-bond acceptors (Lipinski definition) is 7. The molecule has 1 aromatic heterocycles. The second-order valence-electron chi connectivity index (χ2n) is 12.2. The average Bonchev–Trinajstić information content (AvgIpc) is 3.94. The number of hydrogen-bond donors (Lipinski definition) is 1. The van der Waals surface area contributed by atoms with Crippen molar-refractivity contribution in [3.63, 3.8) is 0 Å². The number of likely N-dealkylation sites (N-methyl/N-ethyl adjacent to an activating group) is 1. The molecule has 2 aliphatic carbocycles. The molecule has 4 heterocycles. The Morgan fingerprint density at radius 1 is 1.17 bits per heavy atom. The lowest BCUT2D eigenvalue weighted by Gasteiger charge is -2.39. The van der Waals surface area contributed by atoms with Crippen LogP contribution in [0.25, 0.3) is 0 Å². The summed E-state index contributed by atoms with van der Waals surface area (Å²) in [6.45, 7) is 3.44. The third-order valence-corrected chi connectivity index (χ3v) is 9.69. The second kappa shape index (κ2) is 10.4. The Hall–Kier alpha value is -3.91. The number of anilines is 1. The maximum absolute atomic E-state index is 14.4. The highest BCUT2D eigenvalue weighted by atomic mass is 16.5. The number of benzene rings is 1. The number of aromatic nitrogens is 2. The fourth-order valence-electron chi connectivity index (χ4n) is 7.34. The van der Waals surface area contributed by atoms with Gasteiger partial charge in [-0.3, -0.25) is 19.3 Å². The standard InChI is InChI=1S/C31H36N6O5/c1-3-35-29-25(24(17-7-8-17)26(30(35)39)33-28(38)18-5-4-6-22(14-18)41-2)27(34-37(29)20-9-11-42-12-10-20)31(40)36-21(16-32)13-19-15-23(19)36/h4-6,14,17,19-21,23-24,26H,3,7-13,15H2,1-2H3,(H,33,38)/t19-,21-,23+,24-,26-/m0/s1. The first-order valence-corrected chi connectivity index (χ1v) is 15.1. The Morgan fingerprint density at radius 2 is 1.95 bits per heavy atom. The predicted molar refractivity (Wildman–Crippen MR) is 151 cm³/mol. The van der Waals surface area contributed by atoms with Crippen LogP contribution in [0.15, 0.2) is 24.3 Å². The van der Waals surface area contributed by atoms with Gasteiger partial charge in [-0.2, -0.15) is 10.4 Å². The third kappa shape index (κ3) is 4.35. The van der Waals surface area contributed by atoms with Crippen molar-refractivity contribution in [2.45, 2.75) is 75.5 Å². The highest BCUT2D eigenvalue weighted by Crippen LogP contribution is 2.53. The minimum Gasteiger partial charge on any atom is -0.497 e. The Balaban J connectivity index is 1.34. The molecule has 5 aliphatic rings. The number of rotatable bonds is 7. The van der Waals surface area contributed by atoms with Crippen LogP contribution in [0, 0.1) is 23.2 Å². The molecule has 42 heavy (non-hydrogen) atoms. The summed E-state index contributed by atoms with van der Waals surface area (Å²) in [6.07, 6.45) is 4.87. The molecular formula is C31H36N6O5. The molecule has 3 amide bonds. The van der Waals surface area contributed by atoms with Crippen LogP contribution in [-0.4, -0.2) is 77.4 Å². The zero-order valence-corrected chi connectivity index (χ0v) is 24.0. The van der Waals surface area contributed by atoms with Gasteiger partial charge in [0, 0.05) is 42.8 Å². The highest BCUT2D eigenvalue weighted by molar-refractivity contribution is 6.07. The van der Waals surface area contributed by atoms with Crippen LogP contribution in [-0.2, 0) is 9.53 Å². The third-order valence-electron chi connectivity index (χ3n) is 9.69. The molecule has 1 aromatic carbocycles. The molecule has 3 aliphatic heterocycles. The number of methoxy groups -OCH3 is 1. The number of piperidine rings is 1. The van der Waals surface area contributed by atoms with Crippen LogP contribution >= 0.6 is 0 Å². The van der Waals surface area contributed by atoms with Gasteiger partial charge in [-0.1, -0.05) is 6.07 Å². The number of nitrogens with zero attached hydrogens (tertiary/aromatic N) is 5. The first kappa shape index (κ1) is 27.0. The lowest BCUT2D eigenvalue weighted by Crippen LogP contribution is -2.56. The lowest BCUT2D eigenvalue weighted by molar-refractivity contribution is -0.121. The van der Waals surface area contributed by atoms with E-state index in [2.05, 4.69) is 11.4 Å². The van der Waals surface area contributed by atoms with Crippen LogP contribution in [0.2, 0.25) is 0 Å². The van der Waals surface area contributed by atoms with E-state index >= 15 is 0 Å². The number of carbonyl (C=O) groups is 3. The van der Waals surface area contributed by atoms with Crippen molar-refractivity contribution in [1.82, 2.24) is 20.0 Å². The fraction of sp³-hybridized carbons (Fsp3) is 0.581. The van der Waals surface area contributed by atoms with Crippen LogP contribution in [0.1, 0.15) is 83.8 Å². The first-order chi connectivity index (χ1) is 20.4. The van der Waals surface area contributed by atoms with E-state index in [1.807, 2.05) is 11.6 Å². The monoisotopic (exact) mass is 572 g/mol. The zero-order valence-electron chi connectivity index (χ0n) is 24.0. The molecule has 11 nitrogen and oxygen atoms in total. The van der Waals surface area contributed by atoms with Gasteiger partial charge < -0.3 is 19.7 Å². The Bertz CT molecular complexity index is 1470. The molecule has 2 saturated heterocycles. The van der Waals surface area contributed by atoms with Crippen LogP contribution in [0.3, 0.4) is 0 Å². The van der Waals surface area contributed by atoms with E-state index in [4.69, 9.17) is 14.6 Å². The summed E-state index contributed by atoms with van der Waals surface area (Å²) in [5.41, 5.74) is 1.47. The van der Waals surface area contributed by atoms with E-state index in [9.17, 15) is 19.6 Å². The molecule has 0 spiro atoms. The summed E-state index contributed by atoms with van der Waals surface area (Å²) >= 11 is 0. The predicted octanol–water partition coefficient (Wildman–Crippen LogP) is 3.03. The van der Waals surface area contributed by atoms with Crippen molar-refractivity contribution >= 4 is 23.5 Å². The summed E-state index contributed by atoms with van der Waals surface area (Å²) in [5.74, 6) is 0.543. The molecule has 1 N–H and O–H groups in total. The topological polar surface area (TPSA) is 130 Å². The van der Waals surface area contributed by atoms with Gasteiger partial charge in [0.25, 0.3) is 17.7 Å². The van der Waals surface area contributed by atoms with Crippen molar-refractivity contribution in [3.8, 4) is 11.8 Å². The van der Waals surface area contributed by atoms with Gasteiger partial charge in [0.1, 0.15) is 23.7 Å². The minimum absolute atomic E-state index is 0.0160. The van der Waals surface area contributed by atoms with Crippen molar-refractivity contribution in [2.75, 3.05) is 31.8 Å². The quantitative estimate of drug-likeness (QED) is 0.540. The number of ether oxygens (including phenoxy) is 2. The molecule has 2 aromatic rings. The number of fused-ring (bicyclic) bond motifs is 2. The number of likely N-dealkylation sites (tertiary alicyclic amines) is 1. The molecule has 7 rings (SSSR count). The van der Waals surface area contributed by atoms with Gasteiger partial charge in [0.05, 0.1) is 19.2 Å². The lowest BCUT2D eigenvalue weighted by atomic mass is 9.82. The van der Waals surface area contributed by atoms with E-state index in [1.54, 1.807) is 41.2 Å². The summed E-state index contributed by atoms with van der Waals surface area (Å²) in [5, 5.41) is 17.9. The number of amides is 3. The normalized spacial score (nSPS) is 28.6. The molecule has 2 saturated carbocycles. The Morgan fingerprint density at radius 3 is 2.64 bits per heavy atom. The van der Waals surface area contributed by atoms with Gasteiger partial charge in [-0.25, -0.2) is 4.68 Å². The maximum Gasteiger partial charge on any atom is 0.276 e. The van der Waals surface area contributed by atoms with E-state index < -0.39 is 18.0 Å². The maximum atomic E-state index is 14.4. The first-order valence-electron chi connectivity index (χ1n) is 15.1. The van der Waals surface area contributed by atoms with E-state index in [0.29, 0.717) is 54.9 Å². The molecule has 0 radical (unpaired) electrons. The van der Waals surface area contributed by atoms with Crippen LogP contribution in [0.5, 0.6) is 5.75 Å². The smallest absolute Gasteiger partial charge is 0.276 e. The molecule has 220 valence electrons. The van der Waals surface area contributed by atoms with Crippen molar-refractivity contribution in [1.29, 1.82) is 5.26 Å².